The molecule has 0 atom stereocenters. The van der Waals surface area contributed by atoms with E-state index in [1.165, 1.54) is 11.3 Å². The predicted molar refractivity (Wildman–Crippen MR) is 52.9 cm³/mol. The normalized spacial score (nSPS) is 11.2. The molecule has 2 aromatic rings. The summed E-state index contributed by atoms with van der Waals surface area (Å²) in [6.45, 7) is 1.90. The monoisotopic (exact) mass is 213 g/mol. The number of thiol groups is 1. The van der Waals surface area contributed by atoms with Crippen molar-refractivity contribution in [2.75, 3.05) is 0 Å². The lowest BCUT2D eigenvalue weighted by Gasteiger charge is -1.88. The lowest BCUT2D eigenvalue weighted by atomic mass is 10.3. The highest BCUT2D eigenvalue weighted by Crippen LogP contribution is 2.22. The molecule has 0 aliphatic rings. The molecule has 1 heterocycles. The molecule has 0 bridgehead atoms. The van der Waals surface area contributed by atoms with Crippen molar-refractivity contribution in [1.82, 2.24) is 4.98 Å². The summed E-state index contributed by atoms with van der Waals surface area (Å²) in [5.41, 5.74) is 0.864. The van der Waals surface area contributed by atoms with Crippen LogP contribution in [0.3, 0.4) is 0 Å². The molecule has 0 aliphatic heterocycles. The Labute approximate surface area is 81.0 Å². The third kappa shape index (κ3) is 1.57. The van der Waals surface area contributed by atoms with Crippen LogP contribution in [0.15, 0.2) is 23.1 Å². The molecular weight excluding hydrogens is 206 g/mol. The molecular formula is C8H7NO2S2. The van der Waals surface area contributed by atoms with Gasteiger partial charge in [0.1, 0.15) is 0 Å². The van der Waals surface area contributed by atoms with E-state index >= 15 is 0 Å². The van der Waals surface area contributed by atoms with Crippen molar-refractivity contribution in [2.45, 2.75) is 11.8 Å². The lowest BCUT2D eigenvalue weighted by molar-refractivity contribution is 0.614. The predicted octanol–water partition coefficient (Wildman–Crippen LogP) is 1.58. The van der Waals surface area contributed by atoms with E-state index in [1.807, 2.05) is 6.92 Å². The molecule has 5 heteroatoms. The number of benzene rings is 1. The van der Waals surface area contributed by atoms with E-state index in [-0.39, 0.29) is 0 Å². The van der Waals surface area contributed by atoms with Gasteiger partial charge in [0.05, 0.1) is 20.1 Å². The number of fused-ring (bicyclic) bond motifs is 1. The third-order valence-corrected chi connectivity index (χ3v) is 3.32. The fourth-order valence-corrected chi connectivity index (χ4v) is 2.53. The Hall–Kier alpha value is -0.940. The first-order chi connectivity index (χ1) is 6.16. The maximum absolute atomic E-state index is 10.7. The van der Waals surface area contributed by atoms with Crippen molar-refractivity contribution < 1.29 is 8.42 Å². The summed E-state index contributed by atoms with van der Waals surface area (Å²) >= 11 is 1.51. The molecule has 1 aromatic heterocycles. The van der Waals surface area contributed by atoms with Gasteiger partial charge in [0.25, 0.3) is 0 Å². The number of rotatable bonds is 1. The van der Waals surface area contributed by atoms with E-state index in [1.54, 1.807) is 18.2 Å². The number of nitrogens with zero attached hydrogens (tertiary/aromatic N) is 1. The molecule has 0 spiro atoms. The Balaban J connectivity index is 2.74. The molecule has 0 saturated heterocycles. The number of thiazole rings is 1. The maximum atomic E-state index is 10.7. The van der Waals surface area contributed by atoms with Gasteiger partial charge in [-0.3, -0.25) is 0 Å². The van der Waals surface area contributed by atoms with Crippen molar-refractivity contribution in [3.63, 3.8) is 0 Å². The zero-order chi connectivity index (χ0) is 9.42. The Morgan fingerprint density at radius 2 is 2.15 bits per heavy atom. The second-order valence-corrected chi connectivity index (χ2v) is 4.91. The minimum Gasteiger partial charge on any atom is -0.242 e. The Morgan fingerprint density at radius 3 is 2.85 bits per heavy atom. The smallest absolute Gasteiger partial charge is 0.168 e. The van der Waals surface area contributed by atoms with Crippen molar-refractivity contribution in [2.24, 2.45) is 0 Å². The van der Waals surface area contributed by atoms with Crippen LogP contribution >= 0.6 is 11.3 Å². The van der Waals surface area contributed by atoms with Crippen LogP contribution in [0.1, 0.15) is 5.01 Å². The van der Waals surface area contributed by atoms with Gasteiger partial charge < -0.3 is 0 Å². The number of hydrogen-bond donors (Lipinski definition) is 1. The first kappa shape index (κ1) is 8.65. The van der Waals surface area contributed by atoms with Crippen molar-refractivity contribution in [3.8, 4) is 0 Å². The zero-order valence-electron chi connectivity index (χ0n) is 6.85. The topological polar surface area (TPSA) is 47.0 Å². The second kappa shape index (κ2) is 3.08. The van der Waals surface area contributed by atoms with E-state index in [2.05, 4.69) is 4.98 Å². The third-order valence-electron chi connectivity index (χ3n) is 1.69. The molecule has 13 heavy (non-hydrogen) atoms. The number of aryl methyl sites for hydroxylation is 1. The van der Waals surface area contributed by atoms with E-state index < -0.39 is 10.7 Å². The highest BCUT2D eigenvalue weighted by Gasteiger charge is 2.02. The summed E-state index contributed by atoms with van der Waals surface area (Å²) in [6.07, 6.45) is 0. The van der Waals surface area contributed by atoms with Gasteiger partial charge in [-0.2, -0.15) is 0 Å². The van der Waals surface area contributed by atoms with Gasteiger partial charge in [0, 0.05) is 0 Å². The second-order valence-electron chi connectivity index (χ2n) is 2.64. The highest BCUT2D eigenvalue weighted by molar-refractivity contribution is 7.72. The molecule has 0 N–H and O–H groups in total. The lowest BCUT2D eigenvalue weighted by Crippen LogP contribution is -1.78. The van der Waals surface area contributed by atoms with Gasteiger partial charge in [-0.25, -0.2) is 13.4 Å². The molecule has 68 valence electrons. The fraction of sp³-hybridized carbons (Fsp3) is 0.125. The Bertz CT molecular complexity index is 520. The standard InChI is InChI=1S/C8H7NO2S2/c1-5-9-7-3-2-6(13(10)11)4-8(7)12-5/h2-4,13H,1H3. The van der Waals surface area contributed by atoms with Crippen LogP contribution < -0.4 is 0 Å². The summed E-state index contributed by atoms with van der Waals surface area (Å²) < 4.78 is 22.3. The van der Waals surface area contributed by atoms with Crippen LogP contribution in [0.2, 0.25) is 0 Å². The van der Waals surface area contributed by atoms with E-state index in [0.29, 0.717) is 4.90 Å². The highest BCUT2D eigenvalue weighted by atomic mass is 32.2. The zero-order valence-corrected chi connectivity index (χ0v) is 8.56. The number of aromatic nitrogens is 1. The van der Waals surface area contributed by atoms with E-state index in [0.717, 1.165) is 15.2 Å². The van der Waals surface area contributed by atoms with Crippen LogP contribution in [0.4, 0.5) is 0 Å². The molecule has 2 rings (SSSR count). The van der Waals surface area contributed by atoms with E-state index in [4.69, 9.17) is 0 Å². The molecule has 0 saturated carbocycles. The average Bonchev–Trinajstić information content (AvgIpc) is 2.42. The molecule has 0 radical (unpaired) electrons. The summed E-state index contributed by atoms with van der Waals surface area (Å²) in [7, 11) is -2.48. The van der Waals surface area contributed by atoms with Gasteiger partial charge >= 0.3 is 0 Å². The van der Waals surface area contributed by atoms with Crippen LogP contribution in [0.5, 0.6) is 0 Å². The van der Waals surface area contributed by atoms with E-state index in [9.17, 15) is 8.42 Å². The largest absolute Gasteiger partial charge is 0.242 e. The van der Waals surface area contributed by atoms with Gasteiger partial charge in [-0.15, -0.1) is 11.3 Å². The molecule has 0 unspecified atom stereocenters. The van der Waals surface area contributed by atoms with Crippen LogP contribution in [0.25, 0.3) is 10.2 Å². The molecule has 3 nitrogen and oxygen atoms in total. The molecule has 0 fully saturated rings. The first-order valence-corrected chi connectivity index (χ1v) is 5.68. The summed E-state index contributed by atoms with van der Waals surface area (Å²) in [4.78, 5) is 4.59. The van der Waals surface area contributed by atoms with Crippen molar-refractivity contribution >= 4 is 32.3 Å². The Morgan fingerprint density at radius 1 is 1.38 bits per heavy atom. The van der Waals surface area contributed by atoms with Gasteiger partial charge in [-0.05, 0) is 25.1 Å². The van der Waals surface area contributed by atoms with Gasteiger partial charge in [0.2, 0.25) is 0 Å². The van der Waals surface area contributed by atoms with Gasteiger partial charge in [0.15, 0.2) is 10.7 Å². The minimum absolute atomic E-state index is 0.353. The SMILES string of the molecule is Cc1nc2ccc([SH](=O)=O)cc2s1. The molecule has 1 aromatic carbocycles. The van der Waals surface area contributed by atoms with Crippen molar-refractivity contribution in [1.29, 1.82) is 0 Å². The molecule has 0 amide bonds. The van der Waals surface area contributed by atoms with Crippen LogP contribution in [-0.2, 0) is 10.7 Å². The number of hydrogen-bond acceptors (Lipinski definition) is 4. The van der Waals surface area contributed by atoms with Crippen LogP contribution in [-0.4, -0.2) is 13.4 Å². The summed E-state index contributed by atoms with van der Waals surface area (Å²) in [6, 6.07) is 4.97. The van der Waals surface area contributed by atoms with Crippen molar-refractivity contribution in [3.05, 3.63) is 23.2 Å². The molecule has 0 aliphatic carbocycles. The van der Waals surface area contributed by atoms with Crippen LogP contribution in [0, 0.1) is 6.92 Å². The Kier molecular flexibility index (Phi) is 2.05. The quantitative estimate of drug-likeness (QED) is 0.731. The first-order valence-electron chi connectivity index (χ1n) is 3.68. The minimum atomic E-state index is -2.48. The maximum Gasteiger partial charge on any atom is 0.168 e. The fourth-order valence-electron chi connectivity index (χ4n) is 1.14. The summed E-state index contributed by atoms with van der Waals surface area (Å²) in [5, 5.41) is 0.952. The summed E-state index contributed by atoms with van der Waals surface area (Å²) in [5.74, 6) is 0. The van der Waals surface area contributed by atoms with Gasteiger partial charge in [-0.1, -0.05) is 0 Å². The average molecular weight is 213 g/mol.